The van der Waals surface area contributed by atoms with Crippen molar-refractivity contribution >= 4 is 23.2 Å². The predicted octanol–water partition coefficient (Wildman–Crippen LogP) is 2.73. The molecule has 0 saturated heterocycles. The van der Waals surface area contributed by atoms with E-state index in [4.69, 9.17) is 16.9 Å². The van der Waals surface area contributed by atoms with Gasteiger partial charge in [-0.25, -0.2) is 0 Å². The van der Waals surface area contributed by atoms with Gasteiger partial charge in [0, 0.05) is 5.02 Å². The van der Waals surface area contributed by atoms with Crippen molar-refractivity contribution in [2.75, 3.05) is 5.32 Å². The summed E-state index contributed by atoms with van der Waals surface area (Å²) in [5.41, 5.74) is 0.811. The van der Waals surface area contributed by atoms with Crippen molar-refractivity contribution < 1.29 is 4.79 Å². The molecule has 0 unspecified atom stereocenters. The molecule has 0 saturated carbocycles. The SMILES string of the molecule is CC=CC(=O)Nc1cc(Cl)ccc1C#N. The van der Waals surface area contributed by atoms with Crippen LogP contribution < -0.4 is 5.32 Å². The number of nitriles is 1. The van der Waals surface area contributed by atoms with Crippen LogP contribution in [0.15, 0.2) is 30.4 Å². The molecule has 1 aromatic rings. The summed E-state index contributed by atoms with van der Waals surface area (Å²) in [5, 5.41) is 11.8. The fourth-order valence-electron chi connectivity index (χ4n) is 1.04. The summed E-state index contributed by atoms with van der Waals surface area (Å²) in [6.07, 6.45) is 2.99. The summed E-state index contributed by atoms with van der Waals surface area (Å²) in [5.74, 6) is -0.281. The molecule has 0 spiro atoms. The minimum atomic E-state index is -0.281. The van der Waals surface area contributed by atoms with Crippen molar-refractivity contribution in [3.05, 3.63) is 40.9 Å². The van der Waals surface area contributed by atoms with Gasteiger partial charge in [-0.1, -0.05) is 17.7 Å². The van der Waals surface area contributed by atoms with Gasteiger partial charge in [0.25, 0.3) is 0 Å². The number of nitrogens with one attached hydrogen (secondary N) is 1. The number of amides is 1. The third kappa shape index (κ3) is 3.12. The number of allylic oxidation sites excluding steroid dienone is 1. The van der Waals surface area contributed by atoms with E-state index in [0.717, 1.165) is 0 Å². The minimum Gasteiger partial charge on any atom is -0.321 e. The van der Waals surface area contributed by atoms with Crippen LogP contribution in [0, 0.1) is 11.3 Å². The Balaban J connectivity index is 2.98. The van der Waals surface area contributed by atoms with E-state index in [1.807, 2.05) is 6.07 Å². The van der Waals surface area contributed by atoms with Gasteiger partial charge in [0.15, 0.2) is 0 Å². The molecule has 0 bridgehead atoms. The van der Waals surface area contributed by atoms with Crippen molar-refractivity contribution in [3.63, 3.8) is 0 Å². The lowest BCUT2D eigenvalue weighted by Gasteiger charge is -2.04. The molecule has 0 heterocycles. The molecule has 0 aromatic heterocycles. The Morgan fingerprint density at radius 1 is 1.60 bits per heavy atom. The van der Waals surface area contributed by atoms with E-state index in [2.05, 4.69) is 5.32 Å². The summed E-state index contributed by atoms with van der Waals surface area (Å²) in [6, 6.07) is 6.68. The molecule has 1 N–H and O–H groups in total. The maximum absolute atomic E-state index is 11.2. The van der Waals surface area contributed by atoms with Gasteiger partial charge in [0.05, 0.1) is 11.3 Å². The maximum Gasteiger partial charge on any atom is 0.248 e. The zero-order valence-electron chi connectivity index (χ0n) is 8.12. The molecule has 0 aliphatic heterocycles. The first kappa shape index (κ1) is 11.3. The second-order valence-corrected chi connectivity index (χ2v) is 3.23. The van der Waals surface area contributed by atoms with Gasteiger partial charge < -0.3 is 5.32 Å². The largest absolute Gasteiger partial charge is 0.321 e. The zero-order valence-corrected chi connectivity index (χ0v) is 8.88. The highest BCUT2D eigenvalue weighted by atomic mass is 35.5. The fraction of sp³-hybridized carbons (Fsp3) is 0.0909. The number of anilines is 1. The quantitative estimate of drug-likeness (QED) is 0.780. The Bertz CT molecular complexity index is 446. The molecular formula is C11H9ClN2O. The molecule has 0 aliphatic carbocycles. The second-order valence-electron chi connectivity index (χ2n) is 2.79. The highest BCUT2D eigenvalue weighted by Gasteiger charge is 2.04. The van der Waals surface area contributed by atoms with Crippen LogP contribution in [0.4, 0.5) is 5.69 Å². The number of carbonyl (C=O) groups excluding carboxylic acids is 1. The molecule has 0 fully saturated rings. The summed E-state index contributed by atoms with van der Waals surface area (Å²) in [7, 11) is 0. The number of benzene rings is 1. The van der Waals surface area contributed by atoms with E-state index < -0.39 is 0 Å². The molecule has 1 amide bonds. The van der Waals surface area contributed by atoms with E-state index in [9.17, 15) is 4.79 Å². The molecule has 0 radical (unpaired) electrons. The van der Waals surface area contributed by atoms with Crippen LogP contribution >= 0.6 is 11.6 Å². The van der Waals surface area contributed by atoms with Crippen molar-refractivity contribution in [2.45, 2.75) is 6.92 Å². The number of hydrogen-bond acceptors (Lipinski definition) is 2. The Morgan fingerprint density at radius 3 is 2.93 bits per heavy atom. The van der Waals surface area contributed by atoms with Crippen LogP contribution in [0.3, 0.4) is 0 Å². The van der Waals surface area contributed by atoms with Gasteiger partial charge in [-0.05, 0) is 31.2 Å². The molecule has 76 valence electrons. The molecule has 3 nitrogen and oxygen atoms in total. The number of nitrogens with zero attached hydrogens (tertiary/aromatic N) is 1. The lowest BCUT2D eigenvalue weighted by atomic mass is 10.2. The van der Waals surface area contributed by atoms with Crippen LogP contribution in [-0.2, 0) is 4.79 Å². The lowest BCUT2D eigenvalue weighted by molar-refractivity contribution is -0.111. The molecule has 1 rings (SSSR count). The third-order valence-electron chi connectivity index (χ3n) is 1.68. The highest BCUT2D eigenvalue weighted by molar-refractivity contribution is 6.31. The highest BCUT2D eigenvalue weighted by Crippen LogP contribution is 2.20. The number of rotatable bonds is 2. The van der Waals surface area contributed by atoms with Crippen LogP contribution in [0.2, 0.25) is 5.02 Å². The van der Waals surface area contributed by atoms with E-state index in [0.29, 0.717) is 16.3 Å². The third-order valence-corrected chi connectivity index (χ3v) is 1.91. The normalized spacial score (nSPS) is 9.93. The van der Waals surface area contributed by atoms with Gasteiger partial charge in [0.2, 0.25) is 5.91 Å². The van der Waals surface area contributed by atoms with Gasteiger partial charge >= 0.3 is 0 Å². The van der Waals surface area contributed by atoms with Crippen LogP contribution in [-0.4, -0.2) is 5.91 Å². The predicted molar refractivity (Wildman–Crippen MR) is 59.6 cm³/mol. The number of halogens is 1. The second kappa shape index (κ2) is 5.18. The summed E-state index contributed by atoms with van der Waals surface area (Å²) >= 11 is 5.76. The number of hydrogen-bond donors (Lipinski definition) is 1. The van der Waals surface area contributed by atoms with Crippen molar-refractivity contribution in [2.24, 2.45) is 0 Å². The summed E-state index contributed by atoms with van der Waals surface area (Å²) in [4.78, 5) is 11.2. The van der Waals surface area contributed by atoms with Gasteiger partial charge in [0.1, 0.15) is 6.07 Å². The molecule has 0 atom stereocenters. The summed E-state index contributed by atoms with van der Waals surface area (Å²) < 4.78 is 0. The number of carbonyl (C=O) groups is 1. The monoisotopic (exact) mass is 220 g/mol. The van der Waals surface area contributed by atoms with E-state index in [1.54, 1.807) is 31.2 Å². The zero-order chi connectivity index (χ0) is 11.3. The Morgan fingerprint density at radius 2 is 2.33 bits per heavy atom. The minimum absolute atomic E-state index is 0.281. The van der Waals surface area contributed by atoms with E-state index >= 15 is 0 Å². The Hall–Kier alpha value is -1.79. The fourth-order valence-corrected chi connectivity index (χ4v) is 1.22. The first-order valence-electron chi connectivity index (χ1n) is 4.30. The molecule has 15 heavy (non-hydrogen) atoms. The van der Waals surface area contributed by atoms with Crippen molar-refractivity contribution in [1.82, 2.24) is 0 Å². The van der Waals surface area contributed by atoms with Crippen molar-refractivity contribution in [1.29, 1.82) is 5.26 Å². The smallest absolute Gasteiger partial charge is 0.248 e. The molecular weight excluding hydrogens is 212 g/mol. The molecule has 1 aromatic carbocycles. The standard InChI is InChI=1S/C11H9ClN2O/c1-2-3-11(15)14-10-6-9(12)5-4-8(10)7-13/h2-6H,1H3,(H,14,15). The lowest BCUT2D eigenvalue weighted by Crippen LogP contribution is -2.08. The van der Waals surface area contributed by atoms with Crippen LogP contribution in [0.25, 0.3) is 0 Å². The Kier molecular flexibility index (Phi) is 3.90. The average Bonchev–Trinajstić information content (AvgIpc) is 2.18. The molecule has 4 heteroatoms. The molecule has 0 aliphatic rings. The van der Waals surface area contributed by atoms with Gasteiger partial charge in [-0.2, -0.15) is 5.26 Å². The van der Waals surface area contributed by atoms with E-state index in [-0.39, 0.29) is 5.91 Å². The summed E-state index contributed by atoms with van der Waals surface area (Å²) in [6.45, 7) is 1.74. The van der Waals surface area contributed by atoms with Gasteiger partial charge in [-0.15, -0.1) is 0 Å². The maximum atomic E-state index is 11.2. The first-order chi connectivity index (χ1) is 7.17. The van der Waals surface area contributed by atoms with Gasteiger partial charge in [-0.3, -0.25) is 4.79 Å². The van der Waals surface area contributed by atoms with E-state index in [1.165, 1.54) is 6.08 Å². The topological polar surface area (TPSA) is 52.9 Å². The average molecular weight is 221 g/mol. The van der Waals surface area contributed by atoms with Crippen LogP contribution in [0.1, 0.15) is 12.5 Å². The first-order valence-corrected chi connectivity index (χ1v) is 4.68. The van der Waals surface area contributed by atoms with Crippen molar-refractivity contribution in [3.8, 4) is 6.07 Å². The Labute approximate surface area is 93.0 Å². The van der Waals surface area contributed by atoms with Crippen LogP contribution in [0.5, 0.6) is 0 Å².